The first-order valence-corrected chi connectivity index (χ1v) is 7.24. The summed E-state index contributed by atoms with van der Waals surface area (Å²) in [7, 11) is 0. The first-order chi connectivity index (χ1) is 9.16. The molecule has 0 radical (unpaired) electrons. The second-order valence-corrected chi connectivity index (χ2v) is 5.60. The van der Waals surface area contributed by atoms with Gasteiger partial charge in [-0.15, -0.1) is 23.7 Å². The summed E-state index contributed by atoms with van der Waals surface area (Å²) in [5, 5.41) is 5.94. The van der Waals surface area contributed by atoms with Crippen molar-refractivity contribution in [3.63, 3.8) is 0 Å². The van der Waals surface area contributed by atoms with E-state index >= 15 is 0 Å². The Morgan fingerprint density at radius 2 is 2.10 bits per heavy atom. The maximum atomic E-state index is 11.1. The predicted molar refractivity (Wildman–Crippen MR) is 88.1 cm³/mol. The molecule has 0 aliphatic carbocycles. The number of benzene rings is 1. The minimum atomic E-state index is -0.380. The molecule has 0 spiro atoms. The minimum Gasteiger partial charge on any atom is -0.384 e. The van der Waals surface area contributed by atoms with Crippen molar-refractivity contribution < 1.29 is 4.79 Å². The van der Waals surface area contributed by atoms with E-state index in [0.29, 0.717) is 5.02 Å². The molecule has 1 amide bonds. The zero-order chi connectivity index (χ0) is 13.7. The maximum absolute atomic E-state index is 11.1. The summed E-state index contributed by atoms with van der Waals surface area (Å²) in [6, 6.07) is 9.69. The molecule has 3 N–H and O–H groups in total. The van der Waals surface area contributed by atoms with Gasteiger partial charge in [-0.2, -0.15) is 0 Å². The van der Waals surface area contributed by atoms with Gasteiger partial charge in [0.15, 0.2) is 0 Å². The van der Waals surface area contributed by atoms with Gasteiger partial charge in [-0.1, -0.05) is 23.7 Å². The number of halogens is 2. The van der Waals surface area contributed by atoms with Crippen LogP contribution in [0.1, 0.15) is 10.4 Å². The van der Waals surface area contributed by atoms with Crippen molar-refractivity contribution in [1.29, 1.82) is 0 Å². The fourth-order valence-electron chi connectivity index (χ4n) is 1.85. The third kappa shape index (κ3) is 4.71. The van der Waals surface area contributed by atoms with Gasteiger partial charge in [0.1, 0.15) is 0 Å². The number of thiophene rings is 1. The van der Waals surface area contributed by atoms with Crippen LogP contribution in [0, 0.1) is 0 Å². The molecule has 0 fully saturated rings. The molecule has 20 heavy (non-hydrogen) atoms. The number of carbonyl (C=O) groups excluding carboxylic acids is 1. The Labute approximate surface area is 133 Å². The van der Waals surface area contributed by atoms with E-state index in [9.17, 15) is 4.79 Å². The summed E-state index contributed by atoms with van der Waals surface area (Å²) in [5.74, 6) is -0.380. The molecule has 6 heteroatoms. The molecule has 2 aromatic rings. The lowest BCUT2D eigenvalue weighted by Gasteiger charge is -2.12. The van der Waals surface area contributed by atoms with E-state index in [0.717, 1.165) is 24.2 Å². The van der Waals surface area contributed by atoms with Crippen LogP contribution in [0.5, 0.6) is 0 Å². The number of primary amides is 1. The normalized spacial score (nSPS) is 9.85. The lowest BCUT2D eigenvalue weighted by Crippen LogP contribution is -2.16. The van der Waals surface area contributed by atoms with Crippen LogP contribution in [0.4, 0.5) is 5.69 Å². The number of hydrogen-bond acceptors (Lipinski definition) is 3. The molecule has 0 saturated carbocycles. The number of anilines is 1. The molecule has 1 aromatic heterocycles. The lowest BCUT2D eigenvalue weighted by atomic mass is 10.1. The van der Waals surface area contributed by atoms with E-state index in [1.807, 2.05) is 18.2 Å². The Kier molecular flexibility index (Phi) is 6.85. The standard InChI is InChI=1S/C14H15ClN2OS.ClH/c15-12-4-1-5-13(11(12)9-14(16)18)17-7-6-10-3-2-8-19-10;/h1-5,8,17H,6-7,9H2,(H2,16,18);1H. The zero-order valence-electron chi connectivity index (χ0n) is 10.8. The summed E-state index contributed by atoms with van der Waals surface area (Å²) in [6.45, 7) is 0.798. The highest BCUT2D eigenvalue weighted by atomic mass is 35.5. The Morgan fingerprint density at radius 3 is 2.75 bits per heavy atom. The molecule has 0 saturated heterocycles. The van der Waals surface area contributed by atoms with Crippen LogP contribution in [0.3, 0.4) is 0 Å². The van der Waals surface area contributed by atoms with E-state index in [4.69, 9.17) is 17.3 Å². The van der Waals surface area contributed by atoms with Crippen LogP contribution >= 0.6 is 35.3 Å². The van der Waals surface area contributed by atoms with E-state index in [1.165, 1.54) is 4.88 Å². The number of carbonyl (C=O) groups is 1. The summed E-state index contributed by atoms with van der Waals surface area (Å²) in [4.78, 5) is 12.4. The highest BCUT2D eigenvalue weighted by Gasteiger charge is 2.09. The Balaban J connectivity index is 0.00000200. The van der Waals surface area contributed by atoms with Gasteiger partial charge in [-0.25, -0.2) is 0 Å². The van der Waals surface area contributed by atoms with Crippen LogP contribution in [0.2, 0.25) is 5.02 Å². The third-order valence-corrected chi connectivity index (χ3v) is 4.03. The fraction of sp³-hybridized carbons (Fsp3) is 0.214. The number of amides is 1. The van der Waals surface area contributed by atoms with Gasteiger partial charge < -0.3 is 11.1 Å². The largest absolute Gasteiger partial charge is 0.384 e. The van der Waals surface area contributed by atoms with Crippen molar-refractivity contribution in [3.8, 4) is 0 Å². The first-order valence-electron chi connectivity index (χ1n) is 5.99. The van der Waals surface area contributed by atoms with Crippen LogP contribution in [0.15, 0.2) is 35.7 Å². The molecule has 1 aromatic carbocycles. The van der Waals surface area contributed by atoms with Crippen molar-refractivity contribution in [1.82, 2.24) is 0 Å². The predicted octanol–water partition coefficient (Wildman–Crippen LogP) is 3.51. The number of nitrogens with two attached hydrogens (primary N) is 1. The molecule has 0 aliphatic heterocycles. The topological polar surface area (TPSA) is 55.1 Å². The highest BCUT2D eigenvalue weighted by molar-refractivity contribution is 7.09. The summed E-state index contributed by atoms with van der Waals surface area (Å²) in [5.41, 5.74) is 6.89. The van der Waals surface area contributed by atoms with E-state index < -0.39 is 0 Å². The van der Waals surface area contributed by atoms with Crippen molar-refractivity contribution >= 4 is 46.9 Å². The minimum absolute atomic E-state index is 0. The molecule has 1 heterocycles. The Morgan fingerprint density at radius 1 is 1.30 bits per heavy atom. The average molecular weight is 331 g/mol. The molecule has 0 unspecified atom stereocenters. The summed E-state index contributed by atoms with van der Waals surface area (Å²) < 4.78 is 0. The second kappa shape index (κ2) is 8.15. The SMILES string of the molecule is Cl.NC(=O)Cc1c(Cl)cccc1NCCc1cccs1. The van der Waals surface area contributed by atoms with E-state index in [-0.39, 0.29) is 24.7 Å². The van der Waals surface area contributed by atoms with Crippen LogP contribution in [-0.2, 0) is 17.6 Å². The third-order valence-electron chi connectivity index (χ3n) is 2.74. The number of rotatable bonds is 6. The smallest absolute Gasteiger partial charge is 0.221 e. The van der Waals surface area contributed by atoms with Gasteiger partial charge in [0.05, 0.1) is 6.42 Å². The van der Waals surface area contributed by atoms with Gasteiger partial charge in [0.25, 0.3) is 0 Å². The van der Waals surface area contributed by atoms with Crippen LogP contribution in [0.25, 0.3) is 0 Å². The van der Waals surface area contributed by atoms with Gasteiger partial charge in [-0.3, -0.25) is 4.79 Å². The van der Waals surface area contributed by atoms with Crippen molar-refractivity contribution in [3.05, 3.63) is 51.2 Å². The molecule has 0 atom stereocenters. The summed E-state index contributed by atoms with van der Waals surface area (Å²) >= 11 is 7.84. The van der Waals surface area contributed by atoms with Crippen LogP contribution in [-0.4, -0.2) is 12.5 Å². The zero-order valence-corrected chi connectivity index (χ0v) is 13.2. The van der Waals surface area contributed by atoms with Crippen molar-refractivity contribution in [2.24, 2.45) is 5.73 Å². The molecule has 0 bridgehead atoms. The molecule has 3 nitrogen and oxygen atoms in total. The highest BCUT2D eigenvalue weighted by Crippen LogP contribution is 2.25. The molecular formula is C14H16Cl2N2OS. The van der Waals surface area contributed by atoms with Gasteiger partial charge in [0, 0.05) is 27.7 Å². The molecule has 0 aliphatic rings. The molecule has 108 valence electrons. The van der Waals surface area contributed by atoms with Gasteiger partial charge >= 0.3 is 0 Å². The summed E-state index contributed by atoms with van der Waals surface area (Å²) in [6.07, 6.45) is 1.10. The van der Waals surface area contributed by atoms with Crippen LogP contribution < -0.4 is 11.1 Å². The molecule has 2 rings (SSSR count). The first kappa shape index (κ1) is 16.8. The van der Waals surface area contributed by atoms with Gasteiger partial charge in [0.2, 0.25) is 5.91 Å². The maximum Gasteiger partial charge on any atom is 0.221 e. The fourth-order valence-corrected chi connectivity index (χ4v) is 2.80. The number of nitrogens with one attached hydrogen (secondary N) is 1. The van der Waals surface area contributed by atoms with Gasteiger partial charge in [-0.05, 0) is 30.0 Å². The monoisotopic (exact) mass is 330 g/mol. The van der Waals surface area contributed by atoms with E-state index in [2.05, 4.69) is 16.8 Å². The van der Waals surface area contributed by atoms with Crippen molar-refractivity contribution in [2.75, 3.05) is 11.9 Å². The quantitative estimate of drug-likeness (QED) is 0.851. The average Bonchev–Trinajstić information content (AvgIpc) is 2.86. The lowest BCUT2D eigenvalue weighted by molar-refractivity contribution is -0.117. The Hall–Kier alpha value is -1.23. The second-order valence-electron chi connectivity index (χ2n) is 4.17. The van der Waals surface area contributed by atoms with E-state index in [1.54, 1.807) is 17.4 Å². The molecular weight excluding hydrogens is 315 g/mol. The number of hydrogen-bond donors (Lipinski definition) is 2. The Bertz CT molecular complexity index is 558. The van der Waals surface area contributed by atoms with Crippen molar-refractivity contribution in [2.45, 2.75) is 12.8 Å².